The first-order valence-electron chi connectivity index (χ1n) is 8.08. The number of aryl methyl sites for hydroxylation is 1. The van der Waals surface area contributed by atoms with Crippen molar-refractivity contribution in [2.45, 2.75) is 19.9 Å². The van der Waals surface area contributed by atoms with E-state index in [0.717, 1.165) is 26.5 Å². The highest BCUT2D eigenvalue weighted by Crippen LogP contribution is 2.31. The number of nitrogens with zero attached hydrogens (tertiary/aromatic N) is 3. The van der Waals surface area contributed by atoms with Gasteiger partial charge in [0.25, 0.3) is 5.91 Å². The number of thiophene rings is 1. The zero-order valence-electron chi connectivity index (χ0n) is 13.7. The van der Waals surface area contributed by atoms with Gasteiger partial charge in [-0.15, -0.1) is 11.3 Å². The summed E-state index contributed by atoms with van der Waals surface area (Å²) in [6.45, 7) is 5.88. The number of benzene rings is 1. The molecule has 6 heteroatoms. The van der Waals surface area contributed by atoms with Gasteiger partial charge in [-0.3, -0.25) is 4.79 Å². The second-order valence-corrected chi connectivity index (χ2v) is 7.12. The van der Waals surface area contributed by atoms with E-state index in [0.29, 0.717) is 19.8 Å². The van der Waals surface area contributed by atoms with Crippen LogP contribution >= 0.6 is 11.3 Å². The van der Waals surface area contributed by atoms with Crippen LogP contribution < -0.4 is 0 Å². The van der Waals surface area contributed by atoms with Crippen LogP contribution in [0.25, 0.3) is 15.9 Å². The van der Waals surface area contributed by atoms with Gasteiger partial charge in [-0.25, -0.2) is 4.68 Å². The first-order valence-corrected chi connectivity index (χ1v) is 8.90. The fourth-order valence-corrected chi connectivity index (χ4v) is 4.21. The van der Waals surface area contributed by atoms with Crippen molar-refractivity contribution in [2.75, 3.05) is 19.8 Å². The average molecular weight is 341 g/mol. The summed E-state index contributed by atoms with van der Waals surface area (Å²) in [6, 6.07) is 12.1. The molecule has 4 rings (SSSR count). The lowest BCUT2D eigenvalue weighted by Crippen LogP contribution is -2.46. The molecule has 1 atom stereocenters. The van der Waals surface area contributed by atoms with Crippen LogP contribution in [0.3, 0.4) is 0 Å². The number of morpholine rings is 1. The lowest BCUT2D eigenvalue weighted by molar-refractivity contribution is 0.00387. The maximum absolute atomic E-state index is 12.9. The van der Waals surface area contributed by atoms with Gasteiger partial charge in [-0.2, -0.15) is 5.10 Å². The van der Waals surface area contributed by atoms with Gasteiger partial charge in [0.1, 0.15) is 4.83 Å². The second kappa shape index (κ2) is 6.03. The molecule has 2 aromatic heterocycles. The molecule has 5 nitrogen and oxygen atoms in total. The van der Waals surface area contributed by atoms with Crippen LogP contribution in [0.2, 0.25) is 0 Å². The molecule has 124 valence electrons. The lowest BCUT2D eigenvalue weighted by atomic mass is 10.2. The molecule has 1 fully saturated rings. The van der Waals surface area contributed by atoms with Crippen LogP contribution in [0.15, 0.2) is 36.4 Å². The monoisotopic (exact) mass is 341 g/mol. The van der Waals surface area contributed by atoms with E-state index in [4.69, 9.17) is 4.74 Å². The lowest BCUT2D eigenvalue weighted by Gasteiger charge is -2.32. The van der Waals surface area contributed by atoms with Crippen molar-refractivity contribution in [2.24, 2.45) is 0 Å². The van der Waals surface area contributed by atoms with Gasteiger partial charge < -0.3 is 9.64 Å². The predicted octanol–water partition coefficient (Wildman–Crippen LogP) is 3.26. The van der Waals surface area contributed by atoms with Gasteiger partial charge in [0.05, 0.1) is 35.5 Å². The van der Waals surface area contributed by atoms with Crippen LogP contribution in [0, 0.1) is 6.92 Å². The van der Waals surface area contributed by atoms with E-state index in [2.05, 4.69) is 5.10 Å². The molecule has 3 aromatic rings. The average Bonchev–Trinajstić information content (AvgIpc) is 3.16. The van der Waals surface area contributed by atoms with E-state index in [1.54, 1.807) is 0 Å². The van der Waals surface area contributed by atoms with E-state index in [1.807, 2.05) is 59.8 Å². The van der Waals surface area contributed by atoms with Crippen molar-refractivity contribution in [1.29, 1.82) is 0 Å². The molecule has 0 saturated carbocycles. The van der Waals surface area contributed by atoms with Crippen molar-refractivity contribution in [3.05, 3.63) is 47.0 Å². The van der Waals surface area contributed by atoms with E-state index >= 15 is 0 Å². The molecule has 0 radical (unpaired) electrons. The SMILES string of the molecule is Cc1nn(-c2ccccc2)c2sc(C(=O)N3CCOCC3C)cc12. The first kappa shape index (κ1) is 15.4. The van der Waals surface area contributed by atoms with Crippen molar-refractivity contribution >= 4 is 27.5 Å². The Balaban J connectivity index is 1.75. The summed E-state index contributed by atoms with van der Waals surface area (Å²) >= 11 is 1.51. The summed E-state index contributed by atoms with van der Waals surface area (Å²) in [7, 11) is 0. The van der Waals surface area contributed by atoms with E-state index in [9.17, 15) is 4.79 Å². The normalized spacial score (nSPS) is 18.2. The summed E-state index contributed by atoms with van der Waals surface area (Å²) in [5, 5.41) is 5.68. The van der Waals surface area contributed by atoms with Gasteiger partial charge >= 0.3 is 0 Å². The Morgan fingerprint density at radius 1 is 1.33 bits per heavy atom. The minimum atomic E-state index is 0.0889. The summed E-state index contributed by atoms with van der Waals surface area (Å²) in [4.78, 5) is 16.6. The van der Waals surface area contributed by atoms with Crippen molar-refractivity contribution in [1.82, 2.24) is 14.7 Å². The van der Waals surface area contributed by atoms with Gasteiger partial charge in [-0.05, 0) is 32.0 Å². The summed E-state index contributed by atoms with van der Waals surface area (Å²) in [6.07, 6.45) is 0. The quantitative estimate of drug-likeness (QED) is 0.719. The predicted molar refractivity (Wildman–Crippen MR) is 95.0 cm³/mol. The van der Waals surface area contributed by atoms with Crippen LogP contribution in [-0.2, 0) is 4.74 Å². The van der Waals surface area contributed by atoms with Crippen LogP contribution in [0.5, 0.6) is 0 Å². The zero-order chi connectivity index (χ0) is 16.7. The van der Waals surface area contributed by atoms with Gasteiger partial charge in [-0.1, -0.05) is 18.2 Å². The highest BCUT2D eigenvalue weighted by molar-refractivity contribution is 7.20. The number of carbonyl (C=O) groups excluding carboxylic acids is 1. The summed E-state index contributed by atoms with van der Waals surface area (Å²) in [5.74, 6) is 0.0889. The van der Waals surface area contributed by atoms with E-state index in [1.165, 1.54) is 11.3 Å². The highest BCUT2D eigenvalue weighted by atomic mass is 32.1. The maximum atomic E-state index is 12.9. The number of aromatic nitrogens is 2. The Hall–Kier alpha value is -2.18. The van der Waals surface area contributed by atoms with E-state index < -0.39 is 0 Å². The molecule has 0 aliphatic carbocycles. The number of hydrogen-bond donors (Lipinski definition) is 0. The van der Waals surface area contributed by atoms with Crippen molar-refractivity contribution < 1.29 is 9.53 Å². The molecule has 0 spiro atoms. The van der Waals surface area contributed by atoms with E-state index in [-0.39, 0.29) is 11.9 Å². The topological polar surface area (TPSA) is 47.4 Å². The number of hydrogen-bond acceptors (Lipinski definition) is 4. The van der Waals surface area contributed by atoms with Gasteiger partial charge in [0.2, 0.25) is 0 Å². The van der Waals surface area contributed by atoms with Crippen LogP contribution in [0.4, 0.5) is 0 Å². The Labute approximate surface area is 144 Å². The van der Waals surface area contributed by atoms with Gasteiger partial charge in [0.15, 0.2) is 0 Å². The fraction of sp³-hybridized carbons (Fsp3) is 0.333. The largest absolute Gasteiger partial charge is 0.377 e. The van der Waals surface area contributed by atoms with Crippen LogP contribution in [0.1, 0.15) is 22.3 Å². The Bertz CT molecular complexity index is 884. The molecule has 1 aromatic carbocycles. The minimum Gasteiger partial charge on any atom is -0.377 e. The number of amides is 1. The molecule has 3 heterocycles. The minimum absolute atomic E-state index is 0.0889. The fourth-order valence-electron chi connectivity index (χ4n) is 3.07. The third kappa shape index (κ3) is 2.52. The maximum Gasteiger partial charge on any atom is 0.264 e. The first-order chi connectivity index (χ1) is 11.6. The molecule has 24 heavy (non-hydrogen) atoms. The standard InChI is InChI=1S/C18H19N3O2S/c1-12-11-23-9-8-20(12)17(22)16-10-15-13(2)19-21(18(15)24-16)14-6-4-3-5-7-14/h3-7,10,12H,8-9,11H2,1-2H3. The Morgan fingerprint density at radius 3 is 2.88 bits per heavy atom. The van der Waals surface area contributed by atoms with Crippen molar-refractivity contribution in [3.63, 3.8) is 0 Å². The molecule has 1 saturated heterocycles. The molecule has 1 aliphatic heterocycles. The molecule has 0 bridgehead atoms. The molecular formula is C18H19N3O2S. The third-order valence-electron chi connectivity index (χ3n) is 4.38. The highest BCUT2D eigenvalue weighted by Gasteiger charge is 2.27. The summed E-state index contributed by atoms with van der Waals surface area (Å²) < 4.78 is 7.36. The number of para-hydroxylation sites is 1. The molecule has 1 aliphatic rings. The van der Waals surface area contributed by atoms with Crippen LogP contribution in [-0.4, -0.2) is 46.4 Å². The van der Waals surface area contributed by atoms with Crippen molar-refractivity contribution in [3.8, 4) is 5.69 Å². The molecule has 1 unspecified atom stereocenters. The Kier molecular flexibility index (Phi) is 3.86. The molecule has 0 N–H and O–H groups in total. The number of rotatable bonds is 2. The number of fused-ring (bicyclic) bond motifs is 1. The summed E-state index contributed by atoms with van der Waals surface area (Å²) in [5.41, 5.74) is 1.95. The molecule has 1 amide bonds. The zero-order valence-corrected chi connectivity index (χ0v) is 14.5. The second-order valence-electron chi connectivity index (χ2n) is 6.08. The third-order valence-corrected chi connectivity index (χ3v) is 5.48. The Morgan fingerprint density at radius 2 is 2.12 bits per heavy atom. The number of carbonyl (C=O) groups is 1. The number of ether oxygens (including phenoxy) is 1. The smallest absolute Gasteiger partial charge is 0.264 e. The molecular weight excluding hydrogens is 322 g/mol. The van der Waals surface area contributed by atoms with Gasteiger partial charge in [0, 0.05) is 11.9 Å².